The molecule has 0 amide bonds. The molecule has 0 saturated carbocycles. The van der Waals surface area contributed by atoms with Crippen molar-refractivity contribution in [1.82, 2.24) is 0 Å². The SMILES string of the molecule is C=CC(=O)Oc1cccc2c(N(c3ccc(N(c4ccc(C)cc4)c4ccc(C)cc4)cc3)c3ccc(OC(=O)C=C)c4ccccc34)cccc12. The number of carbonyl (C=O) groups excluding carboxylic acids is 2. The maximum absolute atomic E-state index is 12.3. The zero-order valence-corrected chi connectivity index (χ0v) is 29.0. The summed E-state index contributed by atoms with van der Waals surface area (Å²) in [6, 6.07) is 48.6. The molecule has 0 spiro atoms. The van der Waals surface area contributed by atoms with Crippen LogP contribution in [0.3, 0.4) is 0 Å². The largest absolute Gasteiger partial charge is 0.423 e. The highest BCUT2D eigenvalue weighted by Gasteiger charge is 2.22. The van der Waals surface area contributed by atoms with Gasteiger partial charge >= 0.3 is 11.9 Å². The Balaban J connectivity index is 1.43. The van der Waals surface area contributed by atoms with Gasteiger partial charge in [0.15, 0.2) is 0 Å². The summed E-state index contributed by atoms with van der Waals surface area (Å²) >= 11 is 0. The van der Waals surface area contributed by atoms with Crippen LogP contribution in [-0.2, 0) is 9.59 Å². The molecule has 0 heterocycles. The lowest BCUT2D eigenvalue weighted by molar-refractivity contribution is -0.129. The lowest BCUT2D eigenvalue weighted by atomic mass is 10.0. The molecule has 0 N–H and O–H groups in total. The van der Waals surface area contributed by atoms with Gasteiger partial charge in [0.2, 0.25) is 0 Å². The van der Waals surface area contributed by atoms with Crippen LogP contribution >= 0.6 is 0 Å². The quantitative estimate of drug-likeness (QED) is 0.0814. The molecular weight excluding hydrogens is 645 g/mol. The first-order valence-electron chi connectivity index (χ1n) is 16.9. The second-order valence-corrected chi connectivity index (χ2v) is 12.4. The molecular formula is C46H36N2O4. The van der Waals surface area contributed by atoms with E-state index in [9.17, 15) is 9.59 Å². The summed E-state index contributed by atoms with van der Waals surface area (Å²) in [5, 5.41) is 3.27. The molecule has 52 heavy (non-hydrogen) atoms. The van der Waals surface area contributed by atoms with Crippen molar-refractivity contribution < 1.29 is 19.1 Å². The third-order valence-corrected chi connectivity index (χ3v) is 8.91. The van der Waals surface area contributed by atoms with Gasteiger partial charge in [-0.05, 0) is 86.6 Å². The fraction of sp³-hybridized carbons (Fsp3) is 0.0435. The highest BCUT2D eigenvalue weighted by molar-refractivity contribution is 6.08. The Morgan fingerprint density at radius 3 is 1.35 bits per heavy atom. The van der Waals surface area contributed by atoms with Gasteiger partial charge in [0.25, 0.3) is 0 Å². The first-order chi connectivity index (χ1) is 25.3. The van der Waals surface area contributed by atoms with E-state index in [0.29, 0.717) is 11.5 Å². The minimum Gasteiger partial charge on any atom is -0.423 e. The van der Waals surface area contributed by atoms with Crippen LogP contribution < -0.4 is 19.3 Å². The van der Waals surface area contributed by atoms with Gasteiger partial charge in [-0.1, -0.05) is 97.1 Å². The monoisotopic (exact) mass is 680 g/mol. The summed E-state index contributed by atoms with van der Waals surface area (Å²) in [7, 11) is 0. The Bertz CT molecular complexity index is 2350. The van der Waals surface area contributed by atoms with E-state index in [-0.39, 0.29) is 0 Å². The molecule has 6 nitrogen and oxygen atoms in total. The summed E-state index contributed by atoms with van der Waals surface area (Å²) in [6.45, 7) is 11.3. The Hall–Kier alpha value is -6.92. The fourth-order valence-corrected chi connectivity index (χ4v) is 6.38. The van der Waals surface area contributed by atoms with Crippen LogP contribution in [0.1, 0.15) is 11.1 Å². The molecule has 0 aliphatic heterocycles. The Labute approximate surface area is 303 Å². The van der Waals surface area contributed by atoms with E-state index in [2.05, 4.69) is 110 Å². The number of benzene rings is 7. The highest BCUT2D eigenvalue weighted by Crippen LogP contribution is 2.46. The molecule has 6 heteroatoms. The molecule has 0 aromatic heterocycles. The number of nitrogens with zero attached hydrogens (tertiary/aromatic N) is 2. The lowest BCUT2D eigenvalue weighted by Crippen LogP contribution is -2.13. The zero-order valence-electron chi connectivity index (χ0n) is 29.0. The van der Waals surface area contributed by atoms with Gasteiger partial charge in [-0.25, -0.2) is 9.59 Å². The van der Waals surface area contributed by atoms with E-state index in [1.165, 1.54) is 11.1 Å². The van der Waals surface area contributed by atoms with Crippen molar-refractivity contribution in [3.05, 3.63) is 182 Å². The Kier molecular flexibility index (Phi) is 9.37. The minimum absolute atomic E-state index is 0.433. The summed E-state index contributed by atoms with van der Waals surface area (Å²) < 4.78 is 11.3. The number of fused-ring (bicyclic) bond motifs is 2. The van der Waals surface area contributed by atoms with Gasteiger partial charge in [0, 0.05) is 56.4 Å². The molecule has 7 rings (SSSR count). The molecule has 0 bridgehead atoms. The van der Waals surface area contributed by atoms with E-state index in [1.54, 1.807) is 12.1 Å². The van der Waals surface area contributed by atoms with Gasteiger partial charge in [-0.2, -0.15) is 0 Å². The van der Waals surface area contributed by atoms with Crippen molar-refractivity contribution in [2.75, 3.05) is 9.80 Å². The average molecular weight is 681 g/mol. The van der Waals surface area contributed by atoms with E-state index in [4.69, 9.17) is 9.47 Å². The molecule has 7 aromatic carbocycles. The molecule has 0 aliphatic carbocycles. The first-order valence-corrected chi connectivity index (χ1v) is 16.9. The smallest absolute Gasteiger partial charge is 0.335 e. The van der Waals surface area contributed by atoms with Crippen molar-refractivity contribution in [3.63, 3.8) is 0 Å². The summed E-state index contributed by atoms with van der Waals surface area (Å²) in [6.07, 6.45) is 2.31. The molecule has 0 radical (unpaired) electrons. The number of rotatable bonds is 10. The normalized spacial score (nSPS) is 10.8. The number of anilines is 6. The van der Waals surface area contributed by atoms with Crippen LogP contribution in [0.2, 0.25) is 0 Å². The number of hydrogen-bond acceptors (Lipinski definition) is 6. The molecule has 0 fully saturated rings. The van der Waals surface area contributed by atoms with Crippen LogP contribution in [0.4, 0.5) is 34.1 Å². The number of hydrogen-bond donors (Lipinski definition) is 0. The minimum atomic E-state index is -0.535. The molecule has 0 unspecified atom stereocenters. The number of esters is 2. The molecule has 0 saturated heterocycles. The van der Waals surface area contributed by atoms with Gasteiger partial charge in [-0.3, -0.25) is 0 Å². The topological polar surface area (TPSA) is 59.1 Å². The number of aryl methyl sites for hydroxylation is 2. The molecule has 254 valence electrons. The van der Waals surface area contributed by atoms with Crippen molar-refractivity contribution in [2.45, 2.75) is 13.8 Å². The zero-order chi connectivity index (χ0) is 36.2. The molecule has 0 atom stereocenters. The Morgan fingerprint density at radius 2 is 0.827 bits per heavy atom. The molecule has 0 aliphatic rings. The van der Waals surface area contributed by atoms with Gasteiger partial charge in [0.05, 0.1) is 11.4 Å². The van der Waals surface area contributed by atoms with E-state index < -0.39 is 11.9 Å². The average Bonchev–Trinajstić information content (AvgIpc) is 3.18. The number of carbonyl (C=O) groups is 2. The van der Waals surface area contributed by atoms with Crippen molar-refractivity contribution in [2.24, 2.45) is 0 Å². The summed E-state index contributed by atoms with van der Waals surface area (Å²) in [5.41, 5.74) is 8.06. The van der Waals surface area contributed by atoms with Gasteiger partial charge < -0.3 is 19.3 Å². The Morgan fingerprint density at radius 1 is 0.442 bits per heavy atom. The predicted molar refractivity (Wildman–Crippen MR) is 212 cm³/mol. The van der Waals surface area contributed by atoms with Crippen LogP contribution in [0.25, 0.3) is 21.5 Å². The van der Waals surface area contributed by atoms with Crippen molar-refractivity contribution >= 4 is 67.6 Å². The third kappa shape index (κ3) is 6.65. The van der Waals surface area contributed by atoms with E-state index in [0.717, 1.165) is 67.8 Å². The van der Waals surface area contributed by atoms with Crippen LogP contribution in [0.15, 0.2) is 171 Å². The predicted octanol–water partition coefficient (Wildman–Crippen LogP) is 11.7. The van der Waals surface area contributed by atoms with Gasteiger partial charge in [0.1, 0.15) is 11.5 Å². The third-order valence-electron chi connectivity index (χ3n) is 8.91. The highest BCUT2D eigenvalue weighted by atomic mass is 16.5. The maximum atomic E-state index is 12.3. The lowest BCUT2D eigenvalue weighted by Gasteiger charge is -2.30. The van der Waals surface area contributed by atoms with E-state index >= 15 is 0 Å². The van der Waals surface area contributed by atoms with Crippen LogP contribution in [0, 0.1) is 13.8 Å². The van der Waals surface area contributed by atoms with Crippen molar-refractivity contribution in [3.8, 4) is 11.5 Å². The van der Waals surface area contributed by atoms with Crippen LogP contribution in [0.5, 0.6) is 11.5 Å². The van der Waals surface area contributed by atoms with Crippen LogP contribution in [-0.4, -0.2) is 11.9 Å². The maximum Gasteiger partial charge on any atom is 0.335 e. The summed E-state index contributed by atoms with van der Waals surface area (Å²) in [4.78, 5) is 29.0. The van der Waals surface area contributed by atoms with Gasteiger partial charge in [-0.15, -0.1) is 0 Å². The molecule has 7 aromatic rings. The fourth-order valence-electron chi connectivity index (χ4n) is 6.38. The second kappa shape index (κ2) is 14.5. The second-order valence-electron chi connectivity index (χ2n) is 12.4. The first kappa shape index (κ1) is 33.6. The van der Waals surface area contributed by atoms with Crippen molar-refractivity contribution in [1.29, 1.82) is 0 Å². The standard InChI is InChI=1S/C46H36N2O4/c1-5-45(49)51-43-16-10-13-38-40(43)14-9-15-41(38)48(42-29-30-44(52-46(50)6-2)39-12-8-7-11-37(39)42)36-27-25-35(26-28-36)47(33-21-17-31(3)18-22-33)34-23-19-32(4)20-24-34/h5-30H,1-2H2,3-4H3. The van der Waals surface area contributed by atoms with E-state index in [1.807, 2.05) is 60.7 Å². The summed E-state index contributed by atoms with van der Waals surface area (Å²) in [5.74, 6) is -0.203. The number of ether oxygens (including phenoxy) is 2.